The molecule has 0 unspecified atom stereocenters. The van der Waals surface area contributed by atoms with Gasteiger partial charge in [-0.05, 0) is 57.9 Å². The number of anilines is 1. The van der Waals surface area contributed by atoms with Gasteiger partial charge in [-0.2, -0.15) is 5.10 Å². The summed E-state index contributed by atoms with van der Waals surface area (Å²) in [4.78, 5) is 37.5. The zero-order valence-electron chi connectivity index (χ0n) is 18.4. The first-order valence-electron chi connectivity index (χ1n) is 10.0. The quantitative estimate of drug-likeness (QED) is 0.474. The molecular formula is C24H26N4O3. The molecule has 0 spiro atoms. The summed E-state index contributed by atoms with van der Waals surface area (Å²) < 4.78 is 1.63. The average molecular weight is 418 g/mol. The Hall–Kier alpha value is -3.74. The van der Waals surface area contributed by atoms with Crippen LogP contribution in [0.5, 0.6) is 0 Å². The van der Waals surface area contributed by atoms with Crippen LogP contribution in [0.15, 0.2) is 42.5 Å². The molecule has 1 heterocycles. The molecule has 2 N–H and O–H groups in total. The maximum absolute atomic E-state index is 12.8. The maximum atomic E-state index is 12.8. The number of hydrogen-bond acceptors (Lipinski definition) is 4. The molecule has 1 aromatic heterocycles. The number of carbonyl (C=O) groups is 3. The highest BCUT2D eigenvalue weighted by Gasteiger charge is 2.25. The Kier molecular flexibility index (Phi) is 6.34. The summed E-state index contributed by atoms with van der Waals surface area (Å²) >= 11 is 0. The Balaban J connectivity index is 1.69. The third kappa shape index (κ3) is 4.71. The second-order valence-electron chi connectivity index (χ2n) is 7.63. The summed E-state index contributed by atoms with van der Waals surface area (Å²) in [5, 5.41) is 9.62. The highest BCUT2D eigenvalue weighted by molar-refractivity contribution is 6.43. The van der Waals surface area contributed by atoms with Crippen LogP contribution in [0.2, 0.25) is 0 Å². The second-order valence-corrected chi connectivity index (χ2v) is 7.63. The van der Waals surface area contributed by atoms with E-state index in [0.29, 0.717) is 17.1 Å². The van der Waals surface area contributed by atoms with Gasteiger partial charge in [0, 0.05) is 5.69 Å². The molecule has 0 bridgehead atoms. The van der Waals surface area contributed by atoms with Gasteiger partial charge < -0.3 is 10.6 Å². The fourth-order valence-corrected chi connectivity index (χ4v) is 3.71. The number of rotatable bonds is 6. The predicted molar refractivity (Wildman–Crippen MR) is 120 cm³/mol. The van der Waals surface area contributed by atoms with Crippen LogP contribution in [-0.2, 0) is 9.59 Å². The smallest absolute Gasteiger partial charge is 0.292 e. The van der Waals surface area contributed by atoms with Crippen molar-refractivity contribution in [3.05, 3.63) is 76.1 Å². The number of carbonyl (C=O) groups excluding carboxylic acids is 3. The number of nitrogens with one attached hydrogen (secondary N) is 2. The van der Waals surface area contributed by atoms with Crippen LogP contribution in [0.4, 0.5) is 5.69 Å². The number of para-hydroxylation sites is 1. The Morgan fingerprint density at radius 3 is 2.16 bits per heavy atom. The van der Waals surface area contributed by atoms with Crippen molar-refractivity contribution in [1.82, 2.24) is 15.1 Å². The monoisotopic (exact) mass is 418 g/mol. The van der Waals surface area contributed by atoms with Gasteiger partial charge in [0.1, 0.15) is 0 Å². The molecule has 0 fully saturated rings. The van der Waals surface area contributed by atoms with Crippen molar-refractivity contribution >= 4 is 23.3 Å². The van der Waals surface area contributed by atoms with Crippen molar-refractivity contribution in [2.24, 2.45) is 0 Å². The Morgan fingerprint density at radius 1 is 0.935 bits per heavy atom. The molecule has 0 atom stereocenters. The summed E-state index contributed by atoms with van der Waals surface area (Å²) in [5.74, 6) is -1.95. The average Bonchev–Trinajstić information content (AvgIpc) is 3.03. The summed E-state index contributed by atoms with van der Waals surface area (Å²) in [6.07, 6.45) is 0. The van der Waals surface area contributed by atoms with Gasteiger partial charge in [0.15, 0.2) is 0 Å². The van der Waals surface area contributed by atoms with Crippen LogP contribution in [-0.4, -0.2) is 33.9 Å². The summed E-state index contributed by atoms with van der Waals surface area (Å²) in [5.41, 5.74) is 5.76. The van der Waals surface area contributed by atoms with Crippen LogP contribution >= 0.6 is 0 Å². The number of benzene rings is 2. The van der Waals surface area contributed by atoms with Crippen molar-refractivity contribution in [2.45, 2.75) is 34.6 Å². The van der Waals surface area contributed by atoms with E-state index < -0.39 is 17.6 Å². The molecule has 3 rings (SSSR count). The van der Waals surface area contributed by atoms with Gasteiger partial charge in [0.2, 0.25) is 5.91 Å². The van der Waals surface area contributed by atoms with Crippen LogP contribution in [0.3, 0.4) is 0 Å². The predicted octanol–water partition coefficient (Wildman–Crippen LogP) is 3.35. The minimum absolute atomic E-state index is 0.243. The number of aryl methyl sites for hydroxylation is 4. The molecule has 31 heavy (non-hydrogen) atoms. The normalized spacial score (nSPS) is 10.6. The van der Waals surface area contributed by atoms with E-state index in [1.54, 1.807) is 18.5 Å². The summed E-state index contributed by atoms with van der Waals surface area (Å²) in [7, 11) is 0. The number of amides is 2. The highest BCUT2D eigenvalue weighted by atomic mass is 16.2. The Morgan fingerprint density at radius 2 is 1.55 bits per heavy atom. The van der Waals surface area contributed by atoms with Gasteiger partial charge >= 0.3 is 0 Å². The van der Waals surface area contributed by atoms with E-state index in [1.165, 1.54) is 0 Å². The first kappa shape index (κ1) is 22.0. The fraction of sp³-hybridized carbons (Fsp3) is 0.250. The van der Waals surface area contributed by atoms with E-state index in [4.69, 9.17) is 0 Å². The molecule has 2 aromatic carbocycles. The number of ketones is 1. The van der Waals surface area contributed by atoms with Crippen molar-refractivity contribution in [3.8, 4) is 5.69 Å². The largest absolute Gasteiger partial charge is 0.340 e. The van der Waals surface area contributed by atoms with Gasteiger partial charge in [0.25, 0.3) is 11.7 Å². The third-order valence-corrected chi connectivity index (χ3v) is 5.08. The van der Waals surface area contributed by atoms with Crippen molar-refractivity contribution in [1.29, 1.82) is 0 Å². The standard InChI is InChI=1S/C24H26N4O3/c1-14-11-15(2)22(16(3)12-14)26-20(29)13-25-24(31)23(30)21-17(4)27-28(18(21)5)19-9-7-6-8-10-19/h6-12H,13H2,1-5H3,(H,25,31)(H,26,29). The van der Waals surface area contributed by atoms with Crippen LogP contribution in [0.25, 0.3) is 5.69 Å². The molecule has 160 valence electrons. The maximum Gasteiger partial charge on any atom is 0.292 e. The lowest BCUT2D eigenvalue weighted by Crippen LogP contribution is -2.37. The van der Waals surface area contributed by atoms with Gasteiger partial charge in [-0.25, -0.2) is 4.68 Å². The number of Topliss-reactive ketones (excluding diaryl/α,β-unsaturated/α-hetero) is 1. The van der Waals surface area contributed by atoms with Gasteiger partial charge in [-0.1, -0.05) is 35.9 Å². The van der Waals surface area contributed by atoms with E-state index in [0.717, 1.165) is 22.4 Å². The molecule has 0 radical (unpaired) electrons. The molecule has 0 saturated carbocycles. The lowest BCUT2D eigenvalue weighted by Gasteiger charge is -2.13. The van der Waals surface area contributed by atoms with E-state index in [1.807, 2.05) is 63.2 Å². The van der Waals surface area contributed by atoms with Gasteiger partial charge in [-0.15, -0.1) is 0 Å². The molecule has 3 aromatic rings. The fourth-order valence-electron chi connectivity index (χ4n) is 3.71. The Labute approximate surface area is 181 Å². The molecule has 0 aliphatic heterocycles. The highest BCUT2D eigenvalue weighted by Crippen LogP contribution is 2.22. The third-order valence-electron chi connectivity index (χ3n) is 5.08. The molecule has 0 aliphatic rings. The molecule has 0 saturated heterocycles. The van der Waals surface area contributed by atoms with Crippen molar-refractivity contribution < 1.29 is 14.4 Å². The van der Waals surface area contributed by atoms with Crippen LogP contribution in [0, 0.1) is 34.6 Å². The lowest BCUT2D eigenvalue weighted by atomic mass is 10.1. The number of hydrogen-bond donors (Lipinski definition) is 2. The van der Waals surface area contributed by atoms with E-state index >= 15 is 0 Å². The first-order valence-corrected chi connectivity index (χ1v) is 10.0. The van der Waals surface area contributed by atoms with Crippen LogP contribution in [0.1, 0.15) is 38.4 Å². The van der Waals surface area contributed by atoms with Gasteiger partial charge in [0.05, 0.1) is 29.2 Å². The molecular weight excluding hydrogens is 392 g/mol. The summed E-state index contributed by atoms with van der Waals surface area (Å²) in [6, 6.07) is 13.3. The SMILES string of the molecule is Cc1cc(C)c(NC(=O)CNC(=O)C(=O)c2c(C)nn(-c3ccccc3)c2C)c(C)c1. The van der Waals surface area contributed by atoms with Crippen molar-refractivity contribution in [3.63, 3.8) is 0 Å². The summed E-state index contributed by atoms with van der Waals surface area (Å²) in [6.45, 7) is 8.93. The number of aromatic nitrogens is 2. The van der Waals surface area contributed by atoms with Crippen molar-refractivity contribution in [2.75, 3.05) is 11.9 Å². The number of nitrogens with zero attached hydrogens (tertiary/aromatic N) is 2. The van der Waals surface area contributed by atoms with E-state index in [2.05, 4.69) is 15.7 Å². The van der Waals surface area contributed by atoms with E-state index in [-0.39, 0.29) is 12.1 Å². The molecule has 7 nitrogen and oxygen atoms in total. The minimum atomic E-state index is -0.841. The topological polar surface area (TPSA) is 93.1 Å². The molecule has 2 amide bonds. The minimum Gasteiger partial charge on any atom is -0.340 e. The molecule has 0 aliphatic carbocycles. The lowest BCUT2D eigenvalue weighted by molar-refractivity contribution is -0.121. The van der Waals surface area contributed by atoms with Gasteiger partial charge in [-0.3, -0.25) is 14.4 Å². The first-order chi connectivity index (χ1) is 14.7. The molecule has 7 heteroatoms. The Bertz CT molecular complexity index is 1140. The zero-order valence-corrected chi connectivity index (χ0v) is 18.4. The van der Waals surface area contributed by atoms with E-state index in [9.17, 15) is 14.4 Å². The van der Waals surface area contributed by atoms with Crippen LogP contribution < -0.4 is 10.6 Å². The zero-order chi connectivity index (χ0) is 22.7. The second kappa shape index (κ2) is 8.95.